The van der Waals surface area contributed by atoms with E-state index in [1.807, 2.05) is 25.1 Å². The van der Waals surface area contributed by atoms with Gasteiger partial charge in [0.05, 0.1) is 5.69 Å². The average molecular weight is 262 g/mol. The van der Waals surface area contributed by atoms with Gasteiger partial charge in [-0.15, -0.1) is 0 Å². The summed E-state index contributed by atoms with van der Waals surface area (Å²) in [7, 11) is 0. The number of aromatic nitrogens is 1. The lowest BCUT2D eigenvalue weighted by Gasteiger charge is -2.05. The molecule has 94 valence electrons. The molecule has 0 aliphatic heterocycles. The minimum absolute atomic E-state index is 0.271. The smallest absolute Gasteiger partial charge is 0.340 e. The summed E-state index contributed by atoms with van der Waals surface area (Å²) in [6, 6.07) is 8.10. The quantitative estimate of drug-likeness (QED) is 0.889. The lowest BCUT2D eigenvalue weighted by Crippen LogP contribution is -2.04. The van der Waals surface area contributed by atoms with Crippen LogP contribution in [0.2, 0.25) is 0 Å². The summed E-state index contributed by atoms with van der Waals surface area (Å²) in [5.41, 5.74) is 3.14. The lowest BCUT2D eigenvalue weighted by atomic mass is 10.1. The van der Waals surface area contributed by atoms with Crippen LogP contribution >= 0.6 is 11.5 Å². The molecule has 0 saturated heterocycles. The molecule has 4 nitrogen and oxygen atoms in total. The van der Waals surface area contributed by atoms with E-state index in [9.17, 15) is 4.79 Å². The molecule has 0 spiro atoms. The molecule has 0 atom stereocenters. The van der Waals surface area contributed by atoms with Crippen LogP contribution in [0, 0.1) is 13.8 Å². The van der Waals surface area contributed by atoms with E-state index in [1.54, 1.807) is 6.92 Å². The van der Waals surface area contributed by atoms with Gasteiger partial charge in [-0.3, -0.25) is 0 Å². The summed E-state index contributed by atoms with van der Waals surface area (Å²) in [4.78, 5) is 11.1. The Morgan fingerprint density at radius 1 is 1.44 bits per heavy atom. The van der Waals surface area contributed by atoms with Crippen LogP contribution in [-0.2, 0) is 6.54 Å². The molecule has 2 rings (SSSR count). The molecule has 0 amide bonds. The van der Waals surface area contributed by atoms with E-state index in [4.69, 9.17) is 5.11 Å². The predicted octanol–water partition coefficient (Wildman–Crippen LogP) is 3.07. The summed E-state index contributed by atoms with van der Waals surface area (Å²) in [5, 5.41) is 12.8. The van der Waals surface area contributed by atoms with E-state index in [2.05, 4.69) is 15.8 Å². The van der Waals surface area contributed by atoms with Gasteiger partial charge >= 0.3 is 5.97 Å². The Morgan fingerprint density at radius 3 is 2.89 bits per heavy atom. The fourth-order valence-corrected chi connectivity index (χ4v) is 2.53. The lowest BCUT2D eigenvalue weighted by molar-refractivity contribution is 0.0697. The number of carboxylic acids is 1. The van der Waals surface area contributed by atoms with Gasteiger partial charge in [-0.2, -0.15) is 4.37 Å². The molecule has 1 aromatic carbocycles. The topological polar surface area (TPSA) is 62.2 Å². The number of benzene rings is 1. The normalized spacial score (nSPS) is 10.3. The van der Waals surface area contributed by atoms with Crippen molar-refractivity contribution >= 4 is 22.5 Å². The summed E-state index contributed by atoms with van der Waals surface area (Å²) in [6.45, 7) is 4.34. The molecule has 0 aliphatic rings. The van der Waals surface area contributed by atoms with Gasteiger partial charge < -0.3 is 10.4 Å². The second-order valence-electron chi connectivity index (χ2n) is 4.12. The van der Waals surface area contributed by atoms with Crippen molar-refractivity contribution < 1.29 is 9.90 Å². The van der Waals surface area contributed by atoms with Gasteiger partial charge in [0, 0.05) is 6.54 Å². The second kappa shape index (κ2) is 5.18. The Morgan fingerprint density at radius 2 is 2.22 bits per heavy atom. The number of rotatable bonds is 4. The summed E-state index contributed by atoms with van der Waals surface area (Å²) in [6.07, 6.45) is 0. The minimum Gasteiger partial charge on any atom is -0.478 e. The highest BCUT2D eigenvalue weighted by molar-refractivity contribution is 7.10. The maximum atomic E-state index is 11.1. The number of carbonyl (C=O) groups is 1. The van der Waals surface area contributed by atoms with Crippen LogP contribution in [0.25, 0.3) is 0 Å². The summed E-state index contributed by atoms with van der Waals surface area (Å²) < 4.78 is 4.07. The zero-order valence-electron chi connectivity index (χ0n) is 10.2. The minimum atomic E-state index is -0.937. The van der Waals surface area contributed by atoms with Gasteiger partial charge in [0.1, 0.15) is 10.6 Å². The molecule has 0 aliphatic carbocycles. The number of hydrogen-bond acceptors (Lipinski definition) is 4. The zero-order chi connectivity index (χ0) is 13.1. The van der Waals surface area contributed by atoms with Crippen LogP contribution in [0.4, 0.5) is 5.00 Å². The number of hydrogen-bond donors (Lipinski definition) is 2. The molecule has 18 heavy (non-hydrogen) atoms. The van der Waals surface area contributed by atoms with Crippen LogP contribution in [0.5, 0.6) is 0 Å². The highest BCUT2D eigenvalue weighted by atomic mass is 32.1. The molecule has 0 radical (unpaired) electrons. The van der Waals surface area contributed by atoms with Crippen LogP contribution < -0.4 is 5.32 Å². The highest BCUT2D eigenvalue weighted by Gasteiger charge is 2.16. The Hall–Kier alpha value is -1.88. The van der Waals surface area contributed by atoms with Gasteiger partial charge in [0.2, 0.25) is 0 Å². The molecule has 0 saturated carbocycles. The molecule has 0 bridgehead atoms. The second-order valence-corrected chi connectivity index (χ2v) is 4.89. The van der Waals surface area contributed by atoms with E-state index >= 15 is 0 Å². The van der Waals surface area contributed by atoms with E-state index in [1.165, 1.54) is 17.1 Å². The SMILES string of the molecule is Cc1cccc(CNc2snc(C)c2C(=O)O)c1. The number of carboxylic acid groups (broad SMARTS) is 1. The third kappa shape index (κ3) is 2.68. The first-order valence-corrected chi connectivity index (χ1v) is 6.34. The molecule has 1 heterocycles. The van der Waals surface area contributed by atoms with Crippen molar-refractivity contribution in [1.82, 2.24) is 4.37 Å². The van der Waals surface area contributed by atoms with Crippen LogP contribution in [-0.4, -0.2) is 15.4 Å². The Labute approximate surface area is 109 Å². The van der Waals surface area contributed by atoms with Crippen molar-refractivity contribution in [1.29, 1.82) is 0 Å². The van der Waals surface area contributed by atoms with E-state index in [0.29, 0.717) is 17.2 Å². The number of aryl methyl sites for hydroxylation is 2. The van der Waals surface area contributed by atoms with Crippen molar-refractivity contribution in [3.05, 3.63) is 46.6 Å². The number of nitrogens with zero attached hydrogens (tertiary/aromatic N) is 1. The third-order valence-corrected chi connectivity index (χ3v) is 3.51. The largest absolute Gasteiger partial charge is 0.478 e. The van der Waals surface area contributed by atoms with Gasteiger partial charge in [-0.25, -0.2) is 4.79 Å². The van der Waals surface area contributed by atoms with Gasteiger partial charge in [0.15, 0.2) is 0 Å². The van der Waals surface area contributed by atoms with E-state index in [-0.39, 0.29) is 5.56 Å². The standard InChI is InChI=1S/C13H14N2O2S/c1-8-4-3-5-10(6-8)7-14-12-11(13(16)17)9(2)15-18-12/h3-6,14H,7H2,1-2H3,(H,16,17). The molecule has 0 fully saturated rings. The fourth-order valence-electron chi connectivity index (χ4n) is 1.75. The number of anilines is 1. The molecular weight excluding hydrogens is 248 g/mol. The van der Waals surface area contributed by atoms with E-state index < -0.39 is 5.97 Å². The molecule has 5 heteroatoms. The number of nitrogens with one attached hydrogen (secondary N) is 1. The van der Waals surface area contributed by atoms with Crippen LogP contribution in [0.1, 0.15) is 27.2 Å². The predicted molar refractivity (Wildman–Crippen MR) is 72.3 cm³/mol. The maximum Gasteiger partial charge on any atom is 0.340 e. The van der Waals surface area contributed by atoms with Crippen LogP contribution in [0.15, 0.2) is 24.3 Å². The van der Waals surface area contributed by atoms with E-state index in [0.717, 1.165) is 5.56 Å². The molecule has 2 aromatic rings. The third-order valence-electron chi connectivity index (χ3n) is 2.61. The Kier molecular flexibility index (Phi) is 3.62. The van der Waals surface area contributed by atoms with Crippen molar-refractivity contribution in [2.24, 2.45) is 0 Å². The first kappa shape index (κ1) is 12.6. The van der Waals surface area contributed by atoms with Gasteiger partial charge in [-0.1, -0.05) is 29.8 Å². The first-order chi connectivity index (χ1) is 8.58. The summed E-state index contributed by atoms with van der Waals surface area (Å²) >= 11 is 1.19. The first-order valence-electron chi connectivity index (χ1n) is 5.57. The van der Waals surface area contributed by atoms with Crippen LogP contribution in [0.3, 0.4) is 0 Å². The highest BCUT2D eigenvalue weighted by Crippen LogP contribution is 2.24. The van der Waals surface area contributed by atoms with Gasteiger partial charge in [0.25, 0.3) is 0 Å². The van der Waals surface area contributed by atoms with Crippen molar-refractivity contribution in [2.45, 2.75) is 20.4 Å². The van der Waals surface area contributed by atoms with Crippen molar-refractivity contribution in [2.75, 3.05) is 5.32 Å². The Bertz CT molecular complexity index is 578. The fraction of sp³-hybridized carbons (Fsp3) is 0.231. The molecule has 1 aromatic heterocycles. The van der Waals surface area contributed by atoms with Gasteiger partial charge in [-0.05, 0) is 30.9 Å². The maximum absolute atomic E-state index is 11.1. The zero-order valence-corrected chi connectivity index (χ0v) is 11.0. The molecule has 0 unspecified atom stereocenters. The Balaban J connectivity index is 2.13. The monoisotopic (exact) mass is 262 g/mol. The number of aromatic carboxylic acids is 1. The van der Waals surface area contributed by atoms with Crippen molar-refractivity contribution in [3.63, 3.8) is 0 Å². The molecule has 2 N–H and O–H groups in total. The molecular formula is C13H14N2O2S. The average Bonchev–Trinajstić information content (AvgIpc) is 2.68. The summed E-state index contributed by atoms with van der Waals surface area (Å²) in [5.74, 6) is -0.937. The van der Waals surface area contributed by atoms with Crippen molar-refractivity contribution in [3.8, 4) is 0 Å².